The topological polar surface area (TPSA) is 70.1 Å². The first-order chi connectivity index (χ1) is 13.0. The van der Waals surface area contributed by atoms with Gasteiger partial charge >= 0.3 is 12.1 Å². The molecule has 6 nitrogen and oxygen atoms in total. The number of halogens is 1. The quantitative estimate of drug-likeness (QED) is 0.851. The fraction of sp³-hybridized carbons (Fsp3) is 0.300. The number of piperazine rings is 1. The molecule has 0 aliphatic carbocycles. The average Bonchev–Trinajstić information content (AvgIpc) is 2.68. The lowest BCUT2D eigenvalue weighted by Gasteiger charge is -2.38. The number of rotatable bonds is 5. The van der Waals surface area contributed by atoms with Crippen molar-refractivity contribution < 1.29 is 19.4 Å². The molecule has 1 heterocycles. The molecule has 0 saturated carbocycles. The summed E-state index contributed by atoms with van der Waals surface area (Å²) in [5.74, 6) is -0.970. The fourth-order valence-corrected chi connectivity index (χ4v) is 3.26. The molecule has 142 valence electrons. The van der Waals surface area contributed by atoms with Crippen molar-refractivity contribution >= 4 is 23.7 Å². The standard InChI is InChI=1S/C20H21ClN2O4/c21-17-9-5-4-8-16(17)12-22-10-11-23(13-18(22)19(24)25)20(26)27-14-15-6-2-1-3-7-15/h1-9,18H,10-14H2,(H,24,25). The molecule has 1 unspecified atom stereocenters. The van der Waals surface area contributed by atoms with Crippen molar-refractivity contribution in [2.75, 3.05) is 19.6 Å². The van der Waals surface area contributed by atoms with E-state index < -0.39 is 18.1 Å². The van der Waals surface area contributed by atoms with E-state index in [1.54, 1.807) is 6.07 Å². The first-order valence-electron chi connectivity index (χ1n) is 8.70. The molecule has 1 aliphatic rings. The highest BCUT2D eigenvalue weighted by atomic mass is 35.5. The van der Waals surface area contributed by atoms with Gasteiger partial charge in [-0.05, 0) is 17.2 Å². The molecular formula is C20H21ClN2O4. The maximum Gasteiger partial charge on any atom is 0.410 e. The molecular weight excluding hydrogens is 368 g/mol. The van der Waals surface area contributed by atoms with Crippen molar-refractivity contribution in [2.45, 2.75) is 19.2 Å². The van der Waals surface area contributed by atoms with Crippen LogP contribution < -0.4 is 0 Å². The predicted octanol–water partition coefficient (Wildman–Crippen LogP) is 3.25. The summed E-state index contributed by atoms with van der Waals surface area (Å²) >= 11 is 6.19. The van der Waals surface area contributed by atoms with Gasteiger partial charge in [-0.1, -0.05) is 60.1 Å². The summed E-state index contributed by atoms with van der Waals surface area (Å²) in [5, 5.41) is 10.2. The van der Waals surface area contributed by atoms with Gasteiger partial charge in [-0.3, -0.25) is 9.69 Å². The summed E-state index contributed by atoms with van der Waals surface area (Å²) in [5.41, 5.74) is 1.75. The van der Waals surface area contributed by atoms with Gasteiger partial charge in [-0.25, -0.2) is 4.79 Å². The molecule has 2 aromatic carbocycles. The van der Waals surface area contributed by atoms with Crippen LogP contribution in [-0.2, 0) is 22.7 Å². The molecule has 2 aromatic rings. The van der Waals surface area contributed by atoms with Crippen molar-refractivity contribution in [3.63, 3.8) is 0 Å². The third-order valence-corrected chi connectivity index (χ3v) is 4.94. The lowest BCUT2D eigenvalue weighted by molar-refractivity contribution is -0.145. The van der Waals surface area contributed by atoms with E-state index in [1.165, 1.54) is 4.90 Å². The Bertz CT molecular complexity index is 800. The highest BCUT2D eigenvalue weighted by Gasteiger charge is 2.35. The number of carbonyl (C=O) groups is 2. The van der Waals surface area contributed by atoms with Crippen LogP contribution in [0.5, 0.6) is 0 Å². The normalized spacial score (nSPS) is 17.5. The fourth-order valence-electron chi connectivity index (χ4n) is 3.07. The summed E-state index contributed by atoms with van der Waals surface area (Å²) in [6.07, 6.45) is -0.498. The van der Waals surface area contributed by atoms with Gasteiger partial charge in [0.1, 0.15) is 12.6 Å². The molecule has 1 aliphatic heterocycles. The van der Waals surface area contributed by atoms with Gasteiger partial charge in [0.15, 0.2) is 0 Å². The number of carboxylic acid groups (broad SMARTS) is 1. The SMILES string of the molecule is O=C(O)C1CN(C(=O)OCc2ccccc2)CCN1Cc1ccccc1Cl. The zero-order valence-electron chi connectivity index (χ0n) is 14.8. The maximum atomic E-state index is 12.3. The Hall–Kier alpha value is -2.57. The van der Waals surface area contributed by atoms with E-state index in [-0.39, 0.29) is 13.2 Å². The van der Waals surface area contributed by atoms with Crippen LogP contribution in [0.15, 0.2) is 54.6 Å². The largest absolute Gasteiger partial charge is 0.480 e. The van der Waals surface area contributed by atoms with E-state index in [2.05, 4.69) is 0 Å². The molecule has 0 bridgehead atoms. The second-order valence-corrected chi connectivity index (χ2v) is 6.81. The van der Waals surface area contributed by atoms with E-state index in [9.17, 15) is 14.7 Å². The van der Waals surface area contributed by atoms with E-state index in [4.69, 9.17) is 16.3 Å². The Labute approximate surface area is 162 Å². The monoisotopic (exact) mass is 388 g/mol. The van der Waals surface area contributed by atoms with Crippen molar-refractivity contribution in [1.29, 1.82) is 0 Å². The Morgan fingerprint density at radius 2 is 1.78 bits per heavy atom. The first-order valence-corrected chi connectivity index (χ1v) is 9.08. The van der Waals surface area contributed by atoms with Crippen molar-refractivity contribution in [1.82, 2.24) is 9.80 Å². The van der Waals surface area contributed by atoms with Gasteiger partial charge in [0.05, 0.1) is 6.54 Å². The molecule has 0 aromatic heterocycles. The Kier molecular flexibility index (Phi) is 6.32. The molecule has 0 spiro atoms. The first kappa shape index (κ1) is 19.2. The van der Waals surface area contributed by atoms with Gasteiger partial charge in [0, 0.05) is 24.7 Å². The molecule has 1 amide bonds. The van der Waals surface area contributed by atoms with Crippen LogP contribution in [0, 0.1) is 0 Å². The number of carboxylic acids is 1. The van der Waals surface area contributed by atoms with E-state index >= 15 is 0 Å². The van der Waals surface area contributed by atoms with Gasteiger partial charge in [0.2, 0.25) is 0 Å². The summed E-state index contributed by atoms with van der Waals surface area (Å²) < 4.78 is 5.32. The number of hydrogen-bond donors (Lipinski definition) is 1. The zero-order valence-corrected chi connectivity index (χ0v) is 15.5. The molecule has 1 saturated heterocycles. The maximum absolute atomic E-state index is 12.3. The van der Waals surface area contributed by atoms with Crippen LogP contribution in [0.25, 0.3) is 0 Å². The van der Waals surface area contributed by atoms with E-state index in [0.717, 1.165) is 11.1 Å². The van der Waals surface area contributed by atoms with Crippen LogP contribution in [0.4, 0.5) is 4.79 Å². The highest BCUT2D eigenvalue weighted by molar-refractivity contribution is 6.31. The number of aliphatic carboxylic acids is 1. The van der Waals surface area contributed by atoms with Crippen molar-refractivity contribution in [3.8, 4) is 0 Å². The molecule has 0 radical (unpaired) electrons. The summed E-state index contributed by atoms with van der Waals surface area (Å²) in [7, 11) is 0. The van der Waals surface area contributed by atoms with Gasteiger partial charge in [-0.15, -0.1) is 0 Å². The summed E-state index contributed by atoms with van der Waals surface area (Å²) in [4.78, 5) is 27.3. The van der Waals surface area contributed by atoms with Crippen LogP contribution in [-0.4, -0.2) is 52.6 Å². The third kappa shape index (κ3) is 4.99. The number of amides is 1. The smallest absolute Gasteiger partial charge is 0.410 e. The number of nitrogens with zero attached hydrogens (tertiary/aromatic N) is 2. The molecule has 7 heteroatoms. The molecule has 1 fully saturated rings. The number of carbonyl (C=O) groups excluding carboxylic acids is 1. The molecule has 3 rings (SSSR count). The van der Waals surface area contributed by atoms with Crippen molar-refractivity contribution in [2.24, 2.45) is 0 Å². The van der Waals surface area contributed by atoms with Crippen LogP contribution in [0.1, 0.15) is 11.1 Å². The lowest BCUT2D eigenvalue weighted by atomic mass is 10.1. The third-order valence-electron chi connectivity index (χ3n) is 4.57. The van der Waals surface area contributed by atoms with Crippen LogP contribution in [0.3, 0.4) is 0 Å². The lowest BCUT2D eigenvalue weighted by Crippen LogP contribution is -2.57. The van der Waals surface area contributed by atoms with Gasteiger partial charge in [0.25, 0.3) is 0 Å². The minimum absolute atomic E-state index is 0.0768. The Morgan fingerprint density at radius 3 is 2.48 bits per heavy atom. The molecule has 27 heavy (non-hydrogen) atoms. The van der Waals surface area contributed by atoms with E-state index in [1.807, 2.05) is 53.4 Å². The summed E-state index contributed by atoms with van der Waals surface area (Å²) in [6.45, 7) is 1.50. The van der Waals surface area contributed by atoms with E-state index in [0.29, 0.717) is 24.7 Å². The molecule has 1 N–H and O–H groups in total. The minimum atomic E-state index is -0.970. The second kappa shape index (κ2) is 8.88. The summed E-state index contributed by atoms with van der Waals surface area (Å²) in [6, 6.07) is 15.9. The number of ether oxygens (including phenoxy) is 1. The van der Waals surface area contributed by atoms with Gasteiger partial charge < -0.3 is 14.7 Å². The van der Waals surface area contributed by atoms with Crippen LogP contribution in [0.2, 0.25) is 5.02 Å². The predicted molar refractivity (Wildman–Crippen MR) is 101 cm³/mol. The average molecular weight is 389 g/mol. The second-order valence-electron chi connectivity index (χ2n) is 6.40. The highest BCUT2D eigenvalue weighted by Crippen LogP contribution is 2.21. The Balaban J connectivity index is 1.60. The number of benzene rings is 2. The zero-order chi connectivity index (χ0) is 19.2. The van der Waals surface area contributed by atoms with Crippen molar-refractivity contribution in [3.05, 3.63) is 70.7 Å². The number of hydrogen-bond acceptors (Lipinski definition) is 4. The minimum Gasteiger partial charge on any atom is -0.480 e. The van der Waals surface area contributed by atoms with Gasteiger partial charge in [-0.2, -0.15) is 0 Å². The molecule has 1 atom stereocenters. The Morgan fingerprint density at radius 1 is 1.07 bits per heavy atom. The van der Waals surface area contributed by atoms with Crippen LogP contribution >= 0.6 is 11.6 Å².